The smallest absolute Gasteiger partial charge is 0.242 e. The summed E-state index contributed by atoms with van der Waals surface area (Å²) in [6.45, 7) is 0. The molecule has 0 aliphatic heterocycles. The fourth-order valence-electron chi connectivity index (χ4n) is 2.39. The molecule has 0 aliphatic rings. The zero-order chi connectivity index (χ0) is 15.3. The molecule has 8 heteroatoms. The number of fused-ring (bicyclic) bond motifs is 2. The standard InChI is InChI=1S/C14H11N5OS2/c1-19-6-8-5-7(3-4-9(8)18-19)10-12(20-2)16-11-13(15-10)22-14(21)17-11/h3-6H,1-2H3,(H,16,17,21). The molecule has 0 aliphatic carbocycles. The Morgan fingerprint density at radius 3 is 3.00 bits per heavy atom. The van der Waals surface area contributed by atoms with Crippen molar-refractivity contribution in [3.8, 4) is 17.1 Å². The highest BCUT2D eigenvalue weighted by Gasteiger charge is 2.14. The second kappa shape index (κ2) is 4.85. The number of aromatic amines is 1. The number of methoxy groups -OCH3 is 1. The Balaban J connectivity index is 1.98. The van der Waals surface area contributed by atoms with Crippen molar-refractivity contribution in [2.75, 3.05) is 7.11 Å². The number of aromatic nitrogens is 5. The highest BCUT2D eigenvalue weighted by molar-refractivity contribution is 7.73. The summed E-state index contributed by atoms with van der Waals surface area (Å²) in [5.41, 5.74) is 3.23. The highest BCUT2D eigenvalue weighted by Crippen LogP contribution is 2.31. The fraction of sp³-hybridized carbons (Fsp3) is 0.143. The lowest BCUT2D eigenvalue weighted by molar-refractivity contribution is 0.399. The third kappa shape index (κ3) is 2.08. The largest absolute Gasteiger partial charge is 0.479 e. The summed E-state index contributed by atoms with van der Waals surface area (Å²) >= 11 is 6.55. The fourth-order valence-corrected chi connectivity index (χ4v) is 3.38. The summed E-state index contributed by atoms with van der Waals surface area (Å²) in [6, 6.07) is 5.97. The summed E-state index contributed by atoms with van der Waals surface area (Å²) < 4.78 is 7.83. The summed E-state index contributed by atoms with van der Waals surface area (Å²) in [5.74, 6) is 0.472. The summed E-state index contributed by atoms with van der Waals surface area (Å²) in [7, 11) is 3.49. The van der Waals surface area contributed by atoms with Crippen LogP contribution in [0.4, 0.5) is 0 Å². The normalized spacial score (nSPS) is 11.4. The van der Waals surface area contributed by atoms with Crippen LogP contribution in [0.15, 0.2) is 24.4 Å². The topological polar surface area (TPSA) is 68.6 Å². The molecule has 0 bridgehead atoms. The highest BCUT2D eigenvalue weighted by atomic mass is 32.1. The lowest BCUT2D eigenvalue weighted by Crippen LogP contribution is -1.95. The van der Waals surface area contributed by atoms with Crippen LogP contribution < -0.4 is 4.74 Å². The van der Waals surface area contributed by atoms with E-state index in [4.69, 9.17) is 17.0 Å². The van der Waals surface area contributed by atoms with Crippen molar-refractivity contribution in [2.45, 2.75) is 0 Å². The van der Waals surface area contributed by atoms with Crippen LogP contribution in [0.3, 0.4) is 0 Å². The lowest BCUT2D eigenvalue weighted by atomic mass is 10.1. The molecule has 0 saturated heterocycles. The predicted octanol–water partition coefficient (Wildman–Crippen LogP) is 3.31. The van der Waals surface area contributed by atoms with Gasteiger partial charge in [0.15, 0.2) is 14.4 Å². The van der Waals surface area contributed by atoms with Gasteiger partial charge in [-0.15, -0.1) is 0 Å². The summed E-state index contributed by atoms with van der Waals surface area (Å²) in [6.07, 6.45) is 1.97. The van der Waals surface area contributed by atoms with Gasteiger partial charge < -0.3 is 9.72 Å². The minimum Gasteiger partial charge on any atom is -0.479 e. The number of hydrogen-bond acceptors (Lipinski definition) is 6. The Morgan fingerprint density at radius 2 is 2.18 bits per heavy atom. The Bertz CT molecular complexity index is 1060. The van der Waals surface area contributed by atoms with E-state index in [1.807, 2.05) is 31.4 Å². The van der Waals surface area contributed by atoms with E-state index in [0.29, 0.717) is 21.2 Å². The van der Waals surface area contributed by atoms with E-state index in [1.165, 1.54) is 11.3 Å². The quantitative estimate of drug-likeness (QED) is 0.571. The van der Waals surface area contributed by atoms with Gasteiger partial charge in [-0.3, -0.25) is 4.68 Å². The van der Waals surface area contributed by atoms with Crippen LogP contribution in [0.2, 0.25) is 0 Å². The van der Waals surface area contributed by atoms with Gasteiger partial charge in [-0.25, -0.2) is 4.98 Å². The summed E-state index contributed by atoms with van der Waals surface area (Å²) in [5, 5.41) is 5.42. The molecule has 4 aromatic rings. The van der Waals surface area contributed by atoms with Crippen LogP contribution in [-0.2, 0) is 7.05 Å². The molecule has 0 unspecified atom stereocenters. The number of nitrogens with zero attached hydrogens (tertiary/aromatic N) is 4. The summed E-state index contributed by atoms with van der Waals surface area (Å²) in [4.78, 5) is 12.9. The number of H-pyrrole nitrogens is 1. The van der Waals surface area contributed by atoms with Gasteiger partial charge in [-0.1, -0.05) is 17.4 Å². The van der Waals surface area contributed by atoms with E-state index in [9.17, 15) is 0 Å². The molecule has 110 valence electrons. The van der Waals surface area contributed by atoms with Crippen LogP contribution in [-0.4, -0.2) is 31.8 Å². The molecule has 0 amide bonds. The van der Waals surface area contributed by atoms with Crippen LogP contribution >= 0.6 is 23.6 Å². The van der Waals surface area contributed by atoms with Crippen molar-refractivity contribution in [3.63, 3.8) is 0 Å². The van der Waals surface area contributed by atoms with E-state index in [2.05, 4.69) is 20.1 Å². The van der Waals surface area contributed by atoms with Gasteiger partial charge in [0.1, 0.15) is 5.69 Å². The minimum absolute atomic E-state index is 0.472. The molecule has 1 N–H and O–H groups in total. The van der Waals surface area contributed by atoms with Gasteiger partial charge >= 0.3 is 0 Å². The lowest BCUT2D eigenvalue weighted by Gasteiger charge is -2.06. The van der Waals surface area contributed by atoms with Crippen molar-refractivity contribution in [2.24, 2.45) is 7.05 Å². The predicted molar refractivity (Wildman–Crippen MR) is 88.9 cm³/mol. The molecule has 0 radical (unpaired) electrons. The van der Waals surface area contributed by atoms with Gasteiger partial charge in [-0.05, 0) is 24.4 Å². The van der Waals surface area contributed by atoms with Gasteiger partial charge in [0, 0.05) is 24.2 Å². The average Bonchev–Trinajstić information content (AvgIpc) is 3.04. The Morgan fingerprint density at radius 1 is 1.32 bits per heavy atom. The second-order valence-corrected chi connectivity index (χ2v) is 6.49. The second-order valence-electron chi connectivity index (χ2n) is 4.83. The molecule has 6 nitrogen and oxygen atoms in total. The van der Waals surface area contributed by atoms with Crippen LogP contribution in [0.5, 0.6) is 5.88 Å². The molecule has 22 heavy (non-hydrogen) atoms. The van der Waals surface area contributed by atoms with Crippen molar-refractivity contribution in [1.29, 1.82) is 0 Å². The molecule has 0 fully saturated rings. The number of ether oxygens (including phenoxy) is 1. The molecule has 3 aromatic heterocycles. The van der Waals surface area contributed by atoms with Gasteiger partial charge in [-0.2, -0.15) is 10.1 Å². The number of rotatable bonds is 2. The van der Waals surface area contributed by atoms with Crippen LogP contribution in [0.25, 0.3) is 32.6 Å². The SMILES string of the molecule is COc1nc2[nH]c(=S)sc2nc1-c1ccc2nn(C)cc2c1. The zero-order valence-electron chi connectivity index (χ0n) is 11.8. The van der Waals surface area contributed by atoms with Crippen molar-refractivity contribution < 1.29 is 4.74 Å². The minimum atomic E-state index is 0.472. The molecule has 3 heterocycles. The third-order valence-corrected chi connectivity index (χ3v) is 4.44. The number of benzene rings is 1. The number of nitrogens with one attached hydrogen (secondary N) is 1. The van der Waals surface area contributed by atoms with Crippen molar-refractivity contribution in [3.05, 3.63) is 28.4 Å². The zero-order valence-corrected chi connectivity index (χ0v) is 13.5. The molecule has 1 aromatic carbocycles. The first-order valence-electron chi connectivity index (χ1n) is 6.52. The van der Waals surface area contributed by atoms with Crippen LogP contribution in [0.1, 0.15) is 0 Å². The molecule has 0 saturated carbocycles. The Labute approximate surface area is 134 Å². The maximum atomic E-state index is 5.39. The van der Waals surface area contributed by atoms with E-state index in [1.54, 1.807) is 11.8 Å². The van der Waals surface area contributed by atoms with Gasteiger partial charge in [0.25, 0.3) is 0 Å². The molecule has 0 spiro atoms. The van der Waals surface area contributed by atoms with Gasteiger partial charge in [0.2, 0.25) is 5.88 Å². The number of thiazole rings is 1. The van der Waals surface area contributed by atoms with Crippen molar-refractivity contribution >= 4 is 44.9 Å². The average molecular weight is 329 g/mol. The molecular formula is C14H11N5OS2. The first-order chi connectivity index (χ1) is 10.6. The van der Waals surface area contributed by atoms with E-state index >= 15 is 0 Å². The monoisotopic (exact) mass is 329 g/mol. The van der Waals surface area contributed by atoms with E-state index in [0.717, 1.165) is 21.3 Å². The first kappa shape index (κ1) is 13.4. The number of hydrogen-bond donors (Lipinski definition) is 1. The molecular weight excluding hydrogens is 318 g/mol. The molecule has 4 rings (SSSR count). The maximum absolute atomic E-state index is 5.39. The maximum Gasteiger partial charge on any atom is 0.242 e. The number of aryl methyl sites for hydroxylation is 1. The van der Waals surface area contributed by atoms with Crippen LogP contribution in [0, 0.1) is 3.95 Å². The first-order valence-corrected chi connectivity index (χ1v) is 7.75. The Hall–Kier alpha value is -2.32. The Kier molecular flexibility index (Phi) is 2.95. The van der Waals surface area contributed by atoms with E-state index < -0.39 is 0 Å². The van der Waals surface area contributed by atoms with E-state index in [-0.39, 0.29) is 0 Å². The van der Waals surface area contributed by atoms with Gasteiger partial charge in [0.05, 0.1) is 12.6 Å². The molecule has 0 atom stereocenters. The van der Waals surface area contributed by atoms with Crippen molar-refractivity contribution in [1.82, 2.24) is 24.7 Å². The third-order valence-electron chi connectivity index (χ3n) is 3.33.